The predicted octanol–water partition coefficient (Wildman–Crippen LogP) is 2.78. The number of nitrogens with one attached hydrogen (secondary N) is 2. The first-order chi connectivity index (χ1) is 10.5. The van der Waals surface area contributed by atoms with Crippen molar-refractivity contribution >= 4 is 23.4 Å². The van der Waals surface area contributed by atoms with E-state index < -0.39 is 5.91 Å². The fraction of sp³-hybridized carbons (Fsp3) is 0.200. The Morgan fingerprint density at radius 1 is 1.23 bits per heavy atom. The Hall–Kier alpha value is -2.96. The lowest BCUT2D eigenvalue weighted by atomic mass is 10.2. The highest BCUT2D eigenvalue weighted by atomic mass is 16.3. The van der Waals surface area contributed by atoms with E-state index in [0.29, 0.717) is 0 Å². The number of aromatic nitrogens is 2. The number of hydrogen-bond acceptors (Lipinski definition) is 5. The van der Waals surface area contributed by atoms with Crippen LogP contribution in [0, 0.1) is 18.8 Å². The lowest BCUT2D eigenvalue weighted by Gasteiger charge is -2.10. The van der Waals surface area contributed by atoms with Crippen LogP contribution in [-0.2, 0) is 11.8 Å². The van der Waals surface area contributed by atoms with Crippen LogP contribution < -0.4 is 10.9 Å². The minimum Gasteiger partial charge on any atom is -0.301 e. The number of benzene rings is 1. The molecule has 22 heavy (non-hydrogen) atoms. The van der Waals surface area contributed by atoms with Crippen molar-refractivity contribution in [3.63, 3.8) is 0 Å². The molecular weight excluding hydrogens is 282 g/mol. The summed E-state index contributed by atoms with van der Waals surface area (Å²) in [6.45, 7) is 3.92. The molecule has 0 fully saturated rings. The van der Waals surface area contributed by atoms with Gasteiger partial charge in [-0.2, -0.15) is 5.10 Å². The average Bonchev–Trinajstić information content (AvgIpc) is 2.76. The molecule has 0 unspecified atom stereocenters. The first-order valence-corrected chi connectivity index (χ1v) is 6.69. The van der Waals surface area contributed by atoms with E-state index in [0.717, 1.165) is 34.4 Å². The predicted molar refractivity (Wildman–Crippen MR) is 86.2 cm³/mol. The second-order valence-electron chi connectivity index (χ2n) is 4.80. The number of carbonyl (C=O) groups is 1. The third-order valence-corrected chi connectivity index (χ3v) is 3.26. The Bertz CT molecular complexity index is 716. The molecule has 7 heteroatoms. The lowest BCUT2D eigenvalue weighted by Crippen LogP contribution is -2.10. The van der Waals surface area contributed by atoms with Gasteiger partial charge in [-0.05, 0) is 37.6 Å². The van der Waals surface area contributed by atoms with Gasteiger partial charge in [0, 0.05) is 18.3 Å². The molecule has 0 bridgehead atoms. The summed E-state index contributed by atoms with van der Waals surface area (Å²) in [5.74, 6) is -0.800. The smallest absolute Gasteiger partial charge is 0.301 e. The van der Waals surface area contributed by atoms with Gasteiger partial charge in [-0.25, -0.2) is 0 Å². The molecule has 1 aromatic carbocycles. The third-order valence-electron chi connectivity index (χ3n) is 3.26. The number of amides is 1. The third kappa shape index (κ3) is 3.57. The van der Waals surface area contributed by atoms with Crippen molar-refractivity contribution in [3.05, 3.63) is 52.2 Å². The highest BCUT2D eigenvalue weighted by Gasteiger charge is 2.08. The van der Waals surface area contributed by atoms with E-state index in [1.165, 1.54) is 6.08 Å². The van der Waals surface area contributed by atoms with Crippen LogP contribution in [0.25, 0.3) is 6.08 Å². The second kappa shape index (κ2) is 6.66. The molecule has 0 aliphatic heterocycles. The fourth-order valence-electron chi connectivity index (χ4n) is 1.96. The minimum atomic E-state index is -0.800. The van der Waals surface area contributed by atoms with Crippen LogP contribution in [0.15, 0.2) is 35.5 Å². The highest BCUT2D eigenvalue weighted by molar-refractivity contribution is 5.92. The van der Waals surface area contributed by atoms with E-state index in [1.807, 2.05) is 49.8 Å². The molecule has 1 heterocycles. The Kier molecular flexibility index (Phi) is 4.67. The van der Waals surface area contributed by atoms with Gasteiger partial charge < -0.3 is 5.43 Å². The van der Waals surface area contributed by atoms with Gasteiger partial charge in [-0.1, -0.05) is 12.1 Å². The monoisotopic (exact) mass is 299 g/mol. The van der Waals surface area contributed by atoms with Gasteiger partial charge in [0.25, 0.3) is 0 Å². The molecule has 0 radical (unpaired) electrons. The van der Waals surface area contributed by atoms with Crippen molar-refractivity contribution in [1.29, 1.82) is 0 Å². The van der Waals surface area contributed by atoms with Crippen LogP contribution in [0.2, 0.25) is 0 Å². The molecule has 1 amide bonds. The Morgan fingerprint density at radius 3 is 2.45 bits per heavy atom. The lowest BCUT2D eigenvalue weighted by molar-refractivity contribution is -0.113. The van der Waals surface area contributed by atoms with Crippen LogP contribution in [0.4, 0.5) is 11.4 Å². The number of rotatable bonds is 5. The van der Waals surface area contributed by atoms with Crippen LogP contribution in [0.1, 0.15) is 17.0 Å². The number of aryl methyl sites for hydroxylation is 2. The van der Waals surface area contributed by atoms with E-state index in [2.05, 4.69) is 21.1 Å². The molecular formula is C15H17N5O2. The van der Waals surface area contributed by atoms with E-state index in [1.54, 1.807) is 0 Å². The summed E-state index contributed by atoms with van der Waals surface area (Å²) in [6.07, 6.45) is 2.67. The zero-order chi connectivity index (χ0) is 16.1. The summed E-state index contributed by atoms with van der Waals surface area (Å²) in [5, 5.41) is 6.62. The van der Waals surface area contributed by atoms with Crippen LogP contribution >= 0.6 is 0 Å². The molecule has 2 N–H and O–H groups in total. The van der Waals surface area contributed by atoms with Gasteiger partial charge in [-0.3, -0.25) is 14.9 Å². The summed E-state index contributed by atoms with van der Waals surface area (Å²) < 4.78 is 1.81. The Balaban J connectivity index is 2.01. The summed E-state index contributed by atoms with van der Waals surface area (Å²) >= 11 is 0. The molecule has 0 aliphatic carbocycles. The molecule has 2 rings (SSSR count). The van der Waals surface area contributed by atoms with Gasteiger partial charge in [0.15, 0.2) is 0 Å². The first kappa shape index (κ1) is 15.4. The number of hydrogen-bond donors (Lipinski definition) is 2. The number of nitrogens with zero attached hydrogens (tertiary/aromatic N) is 3. The van der Waals surface area contributed by atoms with Crippen LogP contribution in [-0.4, -0.2) is 15.7 Å². The molecule has 2 aromatic rings. The molecule has 7 nitrogen and oxygen atoms in total. The van der Waals surface area contributed by atoms with Crippen LogP contribution in [0.5, 0.6) is 0 Å². The molecule has 114 valence electrons. The summed E-state index contributed by atoms with van der Waals surface area (Å²) in [7, 11) is 1.89. The molecule has 0 saturated heterocycles. The van der Waals surface area contributed by atoms with Crippen molar-refractivity contribution in [2.45, 2.75) is 13.8 Å². The molecule has 0 aliphatic rings. The number of anilines is 2. The maximum Gasteiger partial charge on any atom is 0.309 e. The van der Waals surface area contributed by atoms with Crippen molar-refractivity contribution < 1.29 is 4.79 Å². The average molecular weight is 299 g/mol. The van der Waals surface area contributed by atoms with Gasteiger partial charge in [0.1, 0.15) is 0 Å². The molecule has 0 spiro atoms. The first-order valence-electron chi connectivity index (χ1n) is 6.69. The van der Waals surface area contributed by atoms with Crippen molar-refractivity contribution in [2.24, 2.45) is 12.2 Å². The minimum absolute atomic E-state index is 0.800. The van der Waals surface area contributed by atoms with Crippen molar-refractivity contribution in [3.8, 4) is 0 Å². The van der Waals surface area contributed by atoms with E-state index in [4.69, 9.17) is 0 Å². The summed E-state index contributed by atoms with van der Waals surface area (Å²) in [5.41, 5.74) is 10.8. The zero-order valence-corrected chi connectivity index (χ0v) is 12.6. The van der Waals surface area contributed by atoms with E-state index in [-0.39, 0.29) is 0 Å². The van der Waals surface area contributed by atoms with Gasteiger partial charge >= 0.3 is 5.91 Å². The summed E-state index contributed by atoms with van der Waals surface area (Å²) in [4.78, 5) is 20.8. The molecule has 0 atom stereocenters. The number of hydrazine groups is 1. The van der Waals surface area contributed by atoms with E-state index in [9.17, 15) is 9.70 Å². The maximum absolute atomic E-state index is 10.8. The highest BCUT2D eigenvalue weighted by Crippen LogP contribution is 2.19. The molecule has 1 aromatic heterocycles. The Labute approximate surface area is 128 Å². The van der Waals surface area contributed by atoms with Crippen LogP contribution in [0.3, 0.4) is 0 Å². The van der Waals surface area contributed by atoms with E-state index >= 15 is 0 Å². The largest absolute Gasteiger partial charge is 0.309 e. The van der Waals surface area contributed by atoms with Gasteiger partial charge in [0.2, 0.25) is 0 Å². The zero-order valence-electron chi connectivity index (χ0n) is 12.6. The summed E-state index contributed by atoms with van der Waals surface area (Å²) in [6, 6.07) is 7.35. The van der Waals surface area contributed by atoms with Gasteiger partial charge in [0.05, 0.1) is 22.8 Å². The number of carbonyl (C=O) groups excluding carboxylic acids is 1. The molecule has 0 saturated carbocycles. The van der Waals surface area contributed by atoms with Crippen molar-refractivity contribution in [2.75, 3.05) is 10.9 Å². The maximum atomic E-state index is 10.8. The fourth-order valence-corrected chi connectivity index (χ4v) is 1.96. The standard InChI is InChI=1S/C15H17N5O2/c1-10-15(11(2)20(3)18-10)17-16-13-7-4-12(5-8-13)6-9-14(21)19-22/h4-9,16-17H,1-3H3/b9-6+. The topological polar surface area (TPSA) is 88.4 Å². The second-order valence-corrected chi connectivity index (χ2v) is 4.80. The van der Waals surface area contributed by atoms with Gasteiger partial charge in [-0.15, -0.1) is 4.91 Å². The number of nitroso groups, excluding NO2 is 1. The Morgan fingerprint density at radius 2 is 1.91 bits per heavy atom. The van der Waals surface area contributed by atoms with Crippen molar-refractivity contribution in [1.82, 2.24) is 9.78 Å². The quantitative estimate of drug-likeness (QED) is 0.503. The normalized spacial score (nSPS) is 10.7. The SMILES string of the molecule is Cc1nn(C)c(C)c1NNc1ccc(/C=C/C(=O)N=O)cc1.